The monoisotopic (exact) mass is 357 g/mol. The Hall–Kier alpha value is -0.0451. The van der Waals surface area contributed by atoms with Crippen LogP contribution < -0.4 is 10.2 Å². The van der Waals surface area contributed by atoms with E-state index in [4.69, 9.17) is 9.31 Å². The van der Waals surface area contributed by atoms with Gasteiger partial charge in [-0.2, -0.15) is 0 Å². The summed E-state index contributed by atoms with van der Waals surface area (Å²) in [6.45, 7) is 16.1. The van der Waals surface area contributed by atoms with E-state index in [-0.39, 0.29) is 29.1 Å². The van der Waals surface area contributed by atoms with Crippen LogP contribution in [0.2, 0.25) is 0 Å². The van der Waals surface area contributed by atoms with Gasteiger partial charge in [-0.15, -0.1) is 16.1 Å². The summed E-state index contributed by atoms with van der Waals surface area (Å²) in [5.74, 6) is 0. The Bertz CT molecular complexity index is 538. The molecule has 2 rings (SSSR count). The third kappa shape index (κ3) is 4.14. The van der Waals surface area contributed by atoms with Gasteiger partial charge < -0.3 is 13.9 Å². The van der Waals surface area contributed by atoms with Crippen LogP contribution in [-0.2, 0) is 20.7 Å². The first-order valence-corrected chi connectivity index (χ1v) is 9.98. The minimum Gasteiger partial charge on any atom is -0.598 e. The van der Waals surface area contributed by atoms with Crippen molar-refractivity contribution >= 4 is 35.3 Å². The van der Waals surface area contributed by atoms with Crippen LogP contribution in [0, 0.1) is 0 Å². The van der Waals surface area contributed by atoms with Crippen molar-refractivity contribution in [3.63, 3.8) is 0 Å². The Labute approximate surface area is 147 Å². The van der Waals surface area contributed by atoms with Gasteiger partial charge in [-0.25, -0.2) is 0 Å². The van der Waals surface area contributed by atoms with Gasteiger partial charge in [0.15, 0.2) is 0 Å². The van der Waals surface area contributed by atoms with E-state index in [0.29, 0.717) is 0 Å². The van der Waals surface area contributed by atoms with Crippen LogP contribution >= 0.6 is 11.3 Å². The van der Waals surface area contributed by atoms with Crippen LogP contribution in [0.3, 0.4) is 0 Å². The summed E-state index contributed by atoms with van der Waals surface area (Å²) < 4.78 is 27.3. The minimum absolute atomic E-state index is 0.0243. The molecule has 130 valence electrons. The maximum Gasteiger partial charge on any atom is 0.495 e. The number of rotatable bonds is 4. The van der Waals surface area contributed by atoms with Crippen LogP contribution in [0.15, 0.2) is 11.4 Å². The van der Waals surface area contributed by atoms with E-state index in [1.165, 1.54) is 0 Å². The zero-order chi connectivity index (χ0) is 17.6. The lowest BCUT2D eigenvalue weighted by Gasteiger charge is -2.32. The molecule has 1 aromatic rings. The largest absolute Gasteiger partial charge is 0.598 e. The fourth-order valence-electron chi connectivity index (χ4n) is 2.09. The van der Waals surface area contributed by atoms with Crippen molar-refractivity contribution in [2.24, 2.45) is 0 Å². The Morgan fingerprint density at radius 1 is 1.22 bits per heavy atom. The fraction of sp³-hybridized carbons (Fsp3) is 0.750. The molecule has 0 unspecified atom stereocenters. The molecule has 0 bridgehead atoms. The molecule has 23 heavy (non-hydrogen) atoms. The first-order chi connectivity index (χ1) is 10.3. The SMILES string of the molecule is C[C@@H](N[S@+]([O-])C(C)(C)C)c1cc(B2OC(C)(C)C(C)(C)O2)cs1. The number of thiophene rings is 1. The fourth-order valence-corrected chi connectivity index (χ4v) is 3.89. The molecule has 0 radical (unpaired) electrons. The quantitative estimate of drug-likeness (QED) is 0.664. The van der Waals surface area contributed by atoms with E-state index in [0.717, 1.165) is 10.3 Å². The van der Waals surface area contributed by atoms with Gasteiger partial charge in [0.2, 0.25) is 0 Å². The molecule has 2 heterocycles. The highest BCUT2D eigenvalue weighted by Crippen LogP contribution is 2.37. The first kappa shape index (κ1) is 19.3. The molecule has 1 aromatic heterocycles. The Kier molecular flexibility index (Phi) is 5.33. The summed E-state index contributed by atoms with van der Waals surface area (Å²) in [4.78, 5) is 1.13. The van der Waals surface area contributed by atoms with E-state index >= 15 is 0 Å². The van der Waals surface area contributed by atoms with Gasteiger partial charge in [0, 0.05) is 16.2 Å². The molecule has 1 saturated heterocycles. The van der Waals surface area contributed by atoms with Crippen molar-refractivity contribution in [3.8, 4) is 0 Å². The average molecular weight is 357 g/mol. The number of hydrogen-bond acceptors (Lipinski definition) is 5. The zero-order valence-electron chi connectivity index (χ0n) is 15.4. The molecule has 0 aromatic carbocycles. The highest BCUT2D eigenvalue weighted by atomic mass is 32.2. The summed E-state index contributed by atoms with van der Waals surface area (Å²) >= 11 is 0.549. The topological polar surface area (TPSA) is 53.5 Å². The van der Waals surface area contributed by atoms with E-state index in [1.807, 2.05) is 27.7 Å². The highest BCUT2D eigenvalue weighted by Gasteiger charge is 2.52. The van der Waals surface area contributed by atoms with Crippen LogP contribution in [0.1, 0.15) is 66.3 Å². The van der Waals surface area contributed by atoms with Crippen LogP contribution in [0.4, 0.5) is 0 Å². The highest BCUT2D eigenvalue weighted by molar-refractivity contribution is 7.90. The maximum absolute atomic E-state index is 12.2. The van der Waals surface area contributed by atoms with Crippen molar-refractivity contribution in [2.75, 3.05) is 0 Å². The third-order valence-corrected chi connectivity index (χ3v) is 7.25. The molecule has 0 saturated carbocycles. The van der Waals surface area contributed by atoms with Crippen LogP contribution in [0.5, 0.6) is 0 Å². The molecule has 0 amide bonds. The van der Waals surface area contributed by atoms with E-state index in [9.17, 15) is 4.55 Å². The predicted molar refractivity (Wildman–Crippen MR) is 99.5 cm³/mol. The summed E-state index contributed by atoms with van der Waals surface area (Å²) in [5, 5.41) is 2.07. The normalized spacial score (nSPS) is 23.1. The van der Waals surface area contributed by atoms with E-state index in [1.54, 1.807) is 11.3 Å². The summed E-state index contributed by atoms with van der Waals surface area (Å²) in [6, 6.07) is 2.11. The molecule has 7 heteroatoms. The lowest BCUT2D eigenvalue weighted by atomic mass is 9.81. The lowest BCUT2D eigenvalue weighted by molar-refractivity contribution is 0.00578. The van der Waals surface area contributed by atoms with Gasteiger partial charge in [-0.3, -0.25) is 0 Å². The Balaban J connectivity index is 2.07. The molecule has 1 fully saturated rings. The zero-order valence-corrected chi connectivity index (χ0v) is 17.0. The summed E-state index contributed by atoms with van der Waals surface area (Å²) in [7, 11) is -0.342. The molecule has 4 nitrogen and oxygen atoms in total. The molecular weight excluding hydrogens is 329 g/mol. The molecule has 0 spiro atoms. The van der Waals surface area contributed by atoms with Crippen molar-refractivity contribution in [1.82, 2.24) is 4.72 Å². The molecule has 1 N–H and O–H groups in total. The Morgan fingerprint density at radius 3 is 2.22 bits per heavy atom. The Morgan fingerprint density at radius 2 is 1.74 bits per heavy atom. The predicted octanol–water partition coefficient (Wildman–Crippen LogP) is 3.16. The molecule has 0 aliphatic carbocycles. The number of nitrogens with one attached hydrogen (secondary N) is 1. The molecule has 1 aliphatic heterocycles. The maximum atomic E-state index is 12.2. The molecule has 1 aliphatic rings. The van der Waals surface area contributed by atoms with Gasteiger partial charge in [0.25, 0.3) is 0 Å². The third-order valence-electron chi connectivity index (χ3n) is 4.43. The summed E-state index contributed by atoms with van der Waals surface area (Å²) in [6.07, 6.45) is 0. The van der Waals surface area contributed by atoms with Crippen LogP contribution in [-0.4, -0.2) is 27.6 Å². The average Bonchev–Trinajstić information content (AvgIpc) is 2.92. The van der Waals surface area contributed by atoms with Gasteiger partial charge in [0.1, 0.15) is 4.75 Å². The molecular formula is C16H28BNO3S2. The van der Waals surface area contributed by atoms with Crippen molar-refractivity contribution in [1.29, 1.82) is 0 Å². The lowest BCUT2D eigenvalue weighted by Crippen LogP contribution is -2.41. The van der Waals surface area contributed by atoms with E-state index < -0.39 is 11.4 Å². The number of hydrogen-bond donors (Lipinski definition) is 1. The summed E-state index contributed by atoms with van der Waals surface area (Å²) in [5.41, 5.74) is 0.355. The molecule has 2 atom stereocenters. The van der Waals surface area contributed by atoms with Crippen molar-refractivity contribution in [2.45, 2.75) is 77.4 Å². The van der Waals surface area contributed by atoms with Gasteiger partial charge in [-0.1, -0.05) is 0 Å². The second-order valence-corrected chi connectivity index (χ2v) is 11.0. The smallest absolute Gasteiger partial charge is 0.495 e. The standard InChI is InChI=1S/C16H28BNO3S2/c1-11(18-23(19)14(2,3)4)13-9-12(10-22-13)17-20-15(5,6)16(7,8)21-17/h9-11,18H,1-8H3/t11-,23-/m1/s1. The minimum atomic E-state index is -1.09. The van der Waals surface area contributed by atoms with Gasteiger partial charge >= 0.3 is 7.12 Å². The first-order valence-electron chi connectivity index (χ1n) is 7.95. The van der Waals surface area contributed by atoms with E-state index in [2.05, 4.69) is 43.9 Å². The van der Waals surface area contributed by atoms with Gasteiger partial charge in [-0.05, 0) is 72.3 Å². The van der Waals surface area contributed by atoms with Crippen LogP contribution in [0.25, 0.3) is 0 Å². The second kappa shape index (κ2) is 6.35. The second-order valence-electron chi connectivity index (χ2n) is 8.09. The van der Waals surface area contributed by atoms with Crippen molar-refractivity contribution in [3.05, 3.63) is 16.3 Å². The van der Waals surface area contributed by atoms with Crippen molar-refractivity contribution < 1.29 is 13.9 Å². The van der Waals surface area contributed by atoms with Gasteiger partial charge in [0.05, 0.1) is 17.2 Å².